The summed E-state index contributed by atoms with van der Waals surface area (Å²) in [7, 11) is -2.02. The zero-order valence-electron chi connectivity index (χ0n) is 9.31. The van der Waals surface area contributed by atoms with Crippen LogP contribution in [0.4, 0.5) is 0 Å². The Bertz CT molecular complexity index is 475. The van der Waals surface area contributed by atoms with Gasteiger partial charge in [-0.1, -0.05) is 0 Å². The minimum Gasteiger partial charge on any atom is -0.496 e. The molecule has 0 aliphatic rings. The average molecular weight is 324 g/mol. The van der Waals surface area contributed by atoms with E-state index in [0.717, 1.165) is 0 Å². The highest BCUT2D eigenvalue weighted by Crippen LogP contribution is 2.27. The second-order valence-electron chi connectivity index (χ2n) is 3.27. The van der Waals surface area contributed by atoms with Crippen LogP contribution in [0, 0.1) is 0 Å². The summed E-state index contributed by atoms with van der Waals surface area (Å²) >= 11 is 3.22. The van der Waals surface area contributed by atoms with Gasteiger partial charge in [0, 0.05) is 13.2 Å². The first-order valence-corrected chi connectivity index (χ1v) is 7.23. The topological polar surface area (TPSA) is 75.6 Å². The van der Waals surface area contributed by atoms with Crippen molar-refractivity contribution in [2.75, 3.05) is 20.3 Å². The van der Waals surface area contributed by atoms with Crippen molar-refractivity contribution in [3.05, 3.63) is 22.7 Å². The van der Waals surface area contributed by atoms with Gasteiger partial charge >= 0.3 is 0 Å². The Morgan fingerprint density at radius 3 is 2.71 bits per heavy atom. The molecule has 1 aromatic rings. The van der Waals surface area contributed by atoms with Crippen LogP contribution in [-0.4, -0.2) is 33.8 Å². The number of aliphatic hydroxyl groups is 1. The van der Waals surface area contributed by atoms with Crippen molar-refractivity contribution in [2.24, 2.45) is 0 Å². The molecule has 5 nitrogen and oxygen atoms in total. The van der Waals surface area contributed by atoms with E-state index < -0.39 is 10.0 Å². The van der Waals surface area contributed by atoms with Gasteiger partial charge in [-0.3, -0.25) is 0 Å². The first-order valence-electron chi connectivity index (χ1n) is 4.95. The van der Waals surface area contributed by atoms with Gasteiger partial charge in [0.25, 0.3) is 0 Å². The highest BCUT2D eigenvalue weighted by atomic mass is 79.9. The van der Waals surface area contributed by atoms with E-state index >= 15 is 0 Å². The molecular weight excluding hydrogens is 310 g/mol. The number of nitrogens with one attached hydrogen (secondary N) is 1. The van der Waals surface area contributed by atoms with E-state index in [9.17, 15) is 8.42 Å². The van der Waals surface area contributed by atoms with Crippen molar-refractivity contribution >= 4 is 26.0 Å². The van der Waals surface area contributed by atoms with Crippen LogP contribution in [0.5, 0.6) is 5.75 Å². The van der Waals surface area contributed by atoms with Gasteiger partial charge in [-0.25, -0.2) is 13.1 Å². The molecule has 0 spiro atoms. The van der Waals surface area contributed by atoms with Gasteiger partial charge in [0.1, 0.15) is 5.75 Å². The first-order chi connectivity index (χ1) is 8.01. The second kappa shape index (κ2) is 6.34. The van der Waals surface area contributed by atoms with E-state index in [1.807, 2.05) is 0 Å². The Kier molecular flexibility index (Phi) is 5.38. The fraction of sp³-hybridized carbons (Fsp3) is 0.400. The van der Waals surface area contributed by atoms with E-state index in [1.54, 1.807) is 6.07 Å². The van der Waals surface area contributed by atoms with Crippen LogP contribution in [0.3, 0.4) is 0 Å². The maximum Gasteiger partial charge on any atom is 0.240 e. The van der Waals surface area contributed by atoms with Gasteiger partial charge in [-0.2, -0.15) is 0 Å². The van der Waals surface area contributed by atoms with Gasteiger partial charge in [0.15, 0.2) is 0 Å². The van der Waals surface area contributed by atoms with Crippen LogP contribution >= 0.6 is 15.9 Å². The van der Waals surface area contributed by atoms with E-state index in [1.165, 1.54) is 19.2 Å². The molecule has 7 heteroatoms. The minimum absolute atomic E-state index is 0.0468. The molecule has 0 radical (unpaired) electrons. The van der Waals surface area contributed by atoms with Crippen LogP contribution in [-0.2, 0) is 10.0 Å². The molecule has 0 saturated heterocycles. The zero-order chi connectivity index (χ0) is 12.9. The summed E-state index contributed by atoms with van der Waals surface area (Å²) in [4.78, 5) is 0.156. The largest absolute Gasteiger partial charge is 0.496 e. The maximum absolute atomic E-state index is 11.8. The predicted molar refractivity (Wildman–Crippen MR) is 67.6 cm³/mol. The Morgan fingerprint density at radius 1 is 1.47 bits per heavy atom. The smallest absolute Gasteiger partial charge is 0.240 e. The lowest BCUT2D eigenvalue weighted by molar-refractivity contribution is 0.289. The third-order valence-corrected chi connectivity index (χ3v) is 4.14. The summed E-state index contributed by atoms with van der Waals surface area (Å²) in [5, 5.41) is 8.59. The fourth-order valence-electron chi connectivity index (χ4n) is 1.18. The third kappa shape index (κ3) is 3.95. The second-order valence-corrected chi connectivity index (χ2v) is 5.89. The van der Waals surface area contributed by atoms with Gasteiger partial charge in [0.2, 0.25) is 10.0 Å². The molecule has 17 heavy (non-hydrogen) atoms. The molecule has 0 saturated carbocycles. The molecule has 0 aromatic heterocycles. The molecule has 0 heterocycles. The Hall–Kier alpha value is -0.630. The Labute approximate surface area is 109 Å². The van der Waals surface area contributed by atoms with E-state index in [0.29, 0.717) is 16.6 Å². The van der Waals surface area contributed by atoms with Crippen molar-refractivity contribution in [1.82, 2.24) is 4.72 Å². The SMILES string of the molecule is COc1ccc(S(=O)(=O)NCCCO)cc1Br. The molecule has 0 unspecified atom stereocenters. The number of hydrogen-bond donors (Lipinski definition) is 2. The quantitative estimate of drug-likeness (QED) is 0.769. The molecule has 0 aliphatic carbocycles. The summed E-state index contributed by atoms with van der Waals surface area (Å²) in [6, 6.07) is 4.51. The van der Waals surface area contributed by atoms with E-state index in [4.69, 9.17) is 9.84 Å². The molecule has 96 valence electrons. The standard InChI is InChI=1S/C10H14BrNO4S/c1-16-10-4-3-8(7-9(10)11)17(14,15)12-5-2-6-13/h3-4,7,12-13H,2,5-6H2,1H3. The number of ether oxygens (including phenoxy) is 1. The molecule has 0 amide bonds. The third-order valence-electron chi connectivity index (χ3n) is 2.06. The lowest BCUT2D eigenvalue weighted by atomic mass is 10.3. The number of aliphatic hydroxyl groups excluding tert-OH is 1. The molecule has 1 rings (SSSR count). The van der Waals surface area contributed by atoms with Crippen LogP contribution in [0.1, 0.15) is 6.42 Å². The molecule has 2 N–H and O–H groups in total. The molecular formula is C10H14BrNO4S. The van der Waals surface area contributed by atoms with E-state index in [-0.39, 0.29) is 18.0 Å². The average Bonchev–Trinajstić information content (AvgIpc) is 2.29. The number of hydrogen-bond acceptors (Lipinski definition) is 4. The molecule has 1 aromatic carbocycles. The lowest BCUT2D eigenvalue weighted by Crippen LogP contribution is -2.25. The number of benzene rings is 1. The number of methoxy groups -OCH3 is 1. The summed E-state index contributed by atoms with van der Waals surface area (Å²) < 4.78 is 31.6. The van der Waals surface area contributed by atoms with E-state index in [2.05, 4.69) is 20.7 Å². The van der Waals surface area contributed by atoms with Crippen molar-refractivity contribution in [3.63, 3.8) is 0 Å². The summed E-state index contributed by atoms with van der Waals surface area (Å²) in [6.07, 6.45) is 0.385. The molecule has 0 aliphatic heterocycles. The maximum atomic E-state index is 11.8. The molecule has 0 fully saturated rings. The number of sulfonamides is 1. The summed E-state index contributed by atoms with van der Waals surface area (Å²) in [6.45, 7) is 0.164. The lowest BCUT2D eigenvalue weighted by Gasteiger charge is -2.08. The van der Waals surface area contributed by atoms with Crippen molar-refractivity contribution in [2.45, 2.75) is 11.3 Å². The first kappa shape index (κ1) is 14.4. The Morgan fingerprint density at radius 2 is 2.18 bits per heavy atom. The summed E-state index contributed by atoms with van der Waals surface area (Å²) in [5.74, 6) is 0.569. The van der Waals surface area contributed by atoms with Crippen molar-refractivity contribution in [1.29, 1.82) is 0 Å². The van der Waals surface area contributed by atoms with Gasteiger partial charge in [0.05, 0.1) is 16.5 Å². The molecule has 0 atom stereocenters. The normalized spacial score (nSPS) is 11.5. The van der Waals surface area contributed by atoms with Gasteiger partial charge in [-0.05, 0) is 40.5 Å². The van der Waals surface area contributed by atoms with Gasteiger partial charge < -0.3 is 9.84 Å². The fourth-order valence-corrected chi connectivity index (χ4v) is 2.98. The van der Waals surface area contributed by atoms with Crippen LogP contribution < -0.4 is 9.46 Å². The highest BCUT2D eigenvalue weighted by molar-refractivity contribution is 9.10. The van der Waals surface area contributed by atoms with Crippen LogP contribution in [0.25, 0.3) is 0 Å². The van der Waals surface area contributed by atoms with Crippen LogP contribution in [0.15, 0.2) is 27.6 Å². The number of halogens is 1. The number of rotatable bonds is 6. The zero-order valence-corrected chi connectivity index (χ0v) is 11.7. The predicted octanol–water partition coefficient (Wildman–Crippen LogP) is 1.12. The van der Waals surface area contributed by atoms with Crippen molar-refractivity contribution < 1.29 is 18.3 Å². The molecule has 0 bridgehead atoms. The van der Waals surface area contributed by atoms with Crippen LogP contribution in [0.2, 0.25) is 0 Å². The van der Waals surface area contributed by atoms with Crippen molar-refractivity contribution in [3.8, 4) is 5.75 Å². The monoisotopic (exact) mass is 323 g/mol. The highest BCUT2D eigenvalue weighted by Gasteiger charge is 2.14. The van der Waals surface area contributed by atoms with Gasteiger partial charge in [-0.15, -0.1) is 0 Å². The summed E-state index contributed by atoms with van der Waals surface area (Å²) in [5.41, 5.74) is 0. The Balaban J connectivity index is 2.88. The minimum atomic E-state index is -3.53.